The first kappa shape index (κ1) is 24.7. The van der Waals surface area contributed by atoms with Crippen molar-refractivity contribution in [2.75, 3.05) is 32.0 Å². The molecule has 0 saturated carbocycles. The van der Waals surface area contributed by atoms with Crippen LogP contribution in [0.2, 0.25) is 5.02 Å². The minimum atomic E-state index is -0.953. The van der Waals surface area contributed by atoms with Gasteiger partial charge in [-0.3, -0.25) is 15.3 Å². The molecule has 10 heteroatoms. The lowest BCUT2D eigenvalue weighted by molar-refractivity contribution is 0.0941. The second-order valence-electron chi connectivity index (χ2n) is 7.02. The van der Waals surface area contributed by atoms with Crippen LogP contribution in [0.4, 0.5) is 11.4 Å². The summed E-state index contributed by atoms with van der Waals surface area (Å²) in [5, 5.41) is 8.71. The number of benzene rings is 3. The standard InChI is InChI=1S/C24H25ClN4O5/c1-32-19-11-15(12-20(33-2)21(19)34-3)23(31)29-24(26)27-16-9-10-17(25)18(13-16)28-22(30)14-7-5-4-6-8-14/h4-13,24,27H,26H2,1-3H3,(H,28,30)(H,29,31). The van der Waals surface area contributed by atoms with Crippen molar-refractivity contribution in [2.45, 2.75) is 6.29 Å². The fraction of sp³-hybridized carbons (Fsp3) is 0.167. The molecular formula is C24H25ClN4O5. The molecule has 3 aromatic carbocycles. The Kier molecular flexibility index (Phi) is 8.18. The first-order chi connectivity index (χ1) is 16.4. The number of anilines is 2. The summed E-state index contributed by atoms with van der Waals surface area (Å²) in [5.74, 6) is 0.274. The van der Waals surface area contributed by atoms with Gasteiger partial charge in [-0.15, -0.1) is 0 Å². The maximum Gasteiger partial charge on any atom is 0.255 e. The number of hydrogen-bond donors (Lipinski definition) is 4. The molecule has 3 rings (SSSR count). The van der Waals surface area contributed by atoms with E-state index in [-0.39, 0.29) is 11.5 Å². The minimum absolute atomic E-state index is 0.263. The van der Waals surface area contributed by atoms with Gasteiger partial charge in [0, 0.05) is 16.8 Å². The zero-order valence-corrected chi connectivity index (χ0v) is 19.6. The van der Waals surface area contributed by atoms with E-state index in [1.165, 1.54) is 33.5 Å². The molecule has 0 bridgehead atoms. The van der Waals surface area contributed by atoms with E-state index in [4.69, 9.17) is 31.5 Å². The van der Waals surface area contributed by atoms with Crippen LogP contribution in [0.15, 0.2) is 60.7 Å². The first-order valence-electron chi connectivity index (χ1n) is 10.1. The summed E-state index contributed by atoms with van der Waals surface area (Å²) in [6.45, 7) is 0. The third-order valence-corrected chi connectivity index (χ3v) is 5.12. The van der Waals surface area contributed by atoms with Gasteiger partial charge in [0.25, 0.3) is 11.8 Å². The highest BCUT2D eigenvalue weighted by Crippen LogP contribution is 2.38. The summed E-state index contributed by atoms with van der Waals surface area (Å²) in [6.07, 6.45) is -0.953. The smallest absolute Gasteiger partial charge is 0.255 e. The highest BCUT2D eigenvalue weighted by Gasteiger charge is 2.18. The number of ether oxygens (including phenoxy) is 3. The van der Waals surface area contributed by atoms with Gasteiger partial charge in [0.15, 0.2) is 17.8 Å². The van der Waals surface area contributed by atoms with Crippen molar-refractivity contribution in [2.24, 2.45) is 5.73 Å². The Bertz CT molecular complexity index is 1150. The molecule has 0 radical (unpaired) electrons. The Balaban J connectivity index is 1.70. The van der Waals surface area contributed by atoms with Gasteiger partial charge in [0.05, 0.1) is 32.0 Å². The zero-order valence-electron chi connectivity index (χ0n) is 18.8. The molecule has 5 N–H and O–H groups in total. The number of nitrogens with two attached hydrogens (primary N) is 1. The monoisotopic (exact) mass is 484 g/mol. The molecule has 9 nitrogen and oxygen atoms in total. The lowest BCUT2D eigenvalue weighted by atomic mass is 10.1. The molecule has 2 amide bonds. The quantitative estimate of drug-likeness (QED) is 0.341. The van der Waals surface area contributed by atoms with Gasteiger partial charge in [0.2, 0.25) is 5.75 Å². The van der Waals surface area contributed by atoms with E-state index in [1.807, 2.05) is 6.07 Å². The lowest BCUT2D eigenvalue weighted by Gasteiger charge is -2.19. The molecular weight excluding hydrogens is 460 g/mol. The van der Waals surface area contributed by atoms with E-state index in [0.717, 1.165) is 0 Å². The average Bonchev–Trinajstić information content (AvgIpc) is 2.85. The maximum absolute atomic E-state index is 12.7. The molecule has 0 heterocycles. The number of nitrogens with one attached hydrogen (secondary N) is 3. The van der Waals surface area contributed by atoms with Gasteiger partial charge < -0.3 is 30.2 Å². The highest BCUT2D eigenvalue weighted by atomic mass is 35.5. The number of methoxy groups -OCH3 is 3. The summed E-state index contributed by atoms with van der Waals surface area (Å²) in [7, 11) is 4.39. The van der Waals surface area contributed by atoms with Crippen LogP contribution in [-0.4, -0.2) is 39.4 Å². The number of amides is 2. The normalized spacial score (nSPS) is 11.2. The van der Waals surface area contributed by atoms with Gasteiger partial charge in [0.1, 0.15) is 0 Å². The van der Waals surface area contributed by atoms with Crippen molar-refractivity contribution in [3.8, 4) is 17.2 Å². The second-order valence-corrected chi connectivity index (χ2v) is 7.43. The lowest BCUT2D eigenvalue weighted by Crippen LogP contribution is -2.47. The molecule has 0 aliphatic heterocycles. The van der Waals surface area contributed by atoms with E-state index >= 15 is 0 Å². The fourth-order valence-corrected chi connectivity index (χ4v) is 3.31. The predicted molar refractivity (Wildman–Crippen MR) is 131 cm³/mol. The van der Waals surface area contributed by atoms with Crippen LogP contribution in [0.3, 0.4) is 0 Å². The zero-order chi connectivity index (χ0) is 24.7. The Labute approximate surface area is 202 Å². The van der Waals surface area contributed by atoms with E-state index < -0.39 is 12.2 Å². The molecule has 178 valence electrons. The predicted octanol–water partition coefficient (Wildman–Crippen LogP) is 3.70. The summed E-state index contributed by atoms with van der Waals surface area (Å²) < 4.78 is 15.8. The van der Waals surface area contributed by atoms with E-state index in [0.29, 0.717) is 39.2 Å². The van der Waals surface area contributed by atoms with Crippen molar-refractivity contribution >= 4 is 34.8 Å². The molecule has 0 aliphatic rings. The summed E-state index contributed by atoms with van der Waals surface area (Å²) in [5.41, 5.74) is 7.75. The third kappa shape index (κ3) is 5.89. The van der Waals surface area contributed by atoms with Crippen LogP contribution in [0.1, 0.15) is 20.7 Å². The van der Waals surface area contributed by atoms with E-state index in [1.54, 1.807) is 42.5 Å². The SMILES string of the molecule is COc1cc(C(=O)NC(N)Nc2ccc(Cl)c(NC(=O)c3ccccc3)c2)cc(OC)c1OC. The Morgan fingerprint density at radius 3 is 2.09 bits per heavy atom. The van der Waals surface area contributed by atoms with Gasteiger partial charge >= 0.3 is 0 Å². The Morgan fingerprint density at radius 2 is 1.50 bits per heavy atom. The number of hydrogen-bond acceptors (Lipinski definition) is 7. The van der Waals surface area contributed by atoms with Crippen LogP contribution in [0.25, 0.3) is 0 Å². The summed E-state index contributed by atoms with van der Waals surface area (Å²) in [6, 6.07) is 16.7. The molecule has 0 fully saturated rings. The minimum Gasteiger partial charge on any atom is -0.493 e. The Morgan fingerprint density at radius 1 is 0.853 bits per heavy atom. The molecule has 1 atom stereocenters. The molecule has 1 unspecified atom stereocenters. The number of carbonyl (C=O) groups is 2. The van der Waals surface area contributed by atoms with Crippen molar-refractivity contribution in [1.29, 1.82) is 0 Å². The third-order valence-electron chi connectivity index (χ3n) is 4.79. The van der Waals surface area contributed by atoms with Gasteiger partial charge in [-0.05, 0) is 42.5 Å². The van der Waals surface area contributed by atoms with Crippen LogP contribution < -0.4 is 35.9 Å². The largest absolute Gasteiger partial charge is 0.493 e. The van der Waals surface area contributed by atoms with Crippen LogP contribution in [0.5, 0.6) is 17.2 Å². The first-order valence-corrected chi connectivity index (χ1v) is 10.5. The molecule has 34 heavy (non-hydrogen) atoms. The fourth-order valence-electron chi connectivity index (χ4n) is 3.15. The average molecular weight is 485 g/mol. The molecule has 0 aliphatic carbocycles. The number of rotatable bonds is 9. The molecule has 0 aromatic heterocycles. The Hall–Kier alpha value is -3.95. The van der Waals surface area contributed by atoms with Crippen molar-refractivity contribution in [3.63, 3.8) is 0 Å². The highest BCUT2D eigenvalue weighted by molar-refractivity contribution is 6.34. The van der Waals surface area contributed by atoms with Crippen molar-refractivity contribution in [3.05, 3.63) is 76.8 Å². The molecule has 0 spiro atoms. The maximum atomic E-state index is 12.7. The topological polar surface area (TPSA) is 124 Å². The molecule has 3 aromatic rings. The summed E-state index contributed by atoms with van der Waals surface area (Å²) >= 11 is 6.23. The number of carbonyl (C=O) groups excluding carboxylic acids is 2. The van der Waals surface area contributed by atoms with Gasteiger partial charge in [-0.1, -0.05) is 29.8 Å². The van der Waals surface area contributed by atoms with Crippen LogP contribution in [0, 0.1) is 0 Å². The van der Waals surface area contributed by atoms with Gasteiger partial charge in [-0.2, -0.15) is 0 Å². The van der Waals surface area contributed by atoms with Crippen LogP contribution >= 0.6 is 11.6 Å². The van der Waals surface area contributed by atoms with Crippen molar-refractivity contribution in [1.82, 2.24) is 5.32 Å². The number of halogens is 1. The van der Waals surface area contributed by atoms with E-state index in [9.17, 15) is 9.59 Å². The van der Waals surface area contributed by atoms with E-state index in [2.05, 4.69) is 16.0 Å². The molecule has 0 saturated heterocycles. The van der Waals surface area contributed by atoms with Gasteiger partial charge in [-0.25, -0.2) is 0 Å². The van der Waals surface area contributed by atoms with Crippen LogP contribution in [-0.2, 0) is 0 Å². The van der Waals surface area contributed by atoms with Crippen molar-refractivity contribution < 1.29 is 23.8 Å². The second kappa shape index (κ2) is 11.3. The summed E-state index contributed by atoms with van der Waals surface area (Å²) in [4.78, 5) is 25.2.